The van der Waals surface area contributed by atoms with Gasteiger partial charge in [-0.2, -0.15) is 11.1 Å². The highest BCUT2D eigenvalue weighted by molar-refractivity contribution is 7.07. The van der Waals surface area contributed by atoms with E-state index in [4.69, 9.17) is 11.1 Å². The molecule has 1 aliphatic rings. The second kappa shape index (κ2) is 8.81. The molecule has 1 aliphatic heterocycles. The summed E-state index contributed by atoms with van der Waals surface area (Å²) in [6, 6.07) is 21.6. The fraction of sp³-hybridized carbons (Fsp3) is 0.280. The zero-order valence-corrected chi connectivity index (χ0v) is 18.5. The molecule has 0 spiro atoms. The number of hydrogen-bond donors (Lipinski definition) is 0. The average Bonchev–Trinajstić information content (AvgIpc) is 2.76. The third kappa shape index (κ3) is 4.31. The third-order valence-corrected chi connectivity index (χ3v) is 9.31. The van der Waals surface area contributed by atoms with Crippen molar-refractivity contribution in [2.24, 2.45) is 0 Å². The lowest BCUT2D eigenvalue weighted by Crippen LogP contribution is -2.15. The van der Waals surface area contributed by atoms with Crippen LogP contribution in [-0.2, 0) is 6.42 Å². The Hall–Kier alpha value is -1.97. The van der Waals surface area contributed by atoms with Crippen molar-refractivity contribution in [3.63, 3.8) is 0 Å². The van der Waals surface area contributed by atoms with Crippen LogP contribution in [0.5, 0.6) is 0 Å². The quantitative estimate of drug-likeness (QED) is 0.296. The monoisotopic (exact) mass is 426 g/mol. The average molecular weight is 427 g/mol. The van der Waals surface area contributed by atoms with Crippen LogP contribution in [-0.4, -0.2) is 8.11 Å². The molecule has 0 aliphatic carbocycles. The van der Waals surface area contributed by atoms with Gasteiger partial charge < -0.3 is 0 Å². The van der Waals surface area contributed by atoms with Gasteiger partial charge in [0.1, 0.15) is 8.11 Å². The Morgan fingerprint density at radius 2 is 1.55 bits per heavy atom. The molecule has 150 valence electrons. The lowest BCUT2D eigenvalue weighted by Gasteiger charge is -2.26. The van der Waals surface area contributed by atoms with Crippen LogP contribution < -0.4 is 0 Å². The van der Waals surface area contributed by atoms with E-state index in [0.717, 1.165) is 17.5 Å². The van der Waals surface area contributed by atoms with Crippen LogP contribution in [0.4, 0.5) is 8.78 Å². The second-order valence-corrected chi connectivity index (χ2v) is 12.1. The van der Waals surface area contributed by atoms with E-state index >= 15 is 0 Å². The van der Waals surface area contributed by atoms with Crippen LogP contribution in [0.2, 0.25) is 12.1 Å². The van der Waals surface area contributed by atoms with Crippen LogP contribution in [0.15, 0.2) is 60.7 Å². The predicted molar refractivity (Wildman–Crippen MR) is 121 cm³/mol. The molecule has 0 atom stereocenters. The molecule has 4 rings (SSSR count). The predicted octanol–water partition coefficient (Wildman–Crippen LogP) is 7.70. The Kier molecular flexibility index (Phi) is 6.17. The van der Waals surface area contributed by atoms with E-state index in [1.54, 1.807) is 6.07 Å². The largest absolute Gasteiger partial charge is 0.204 e. The van der Waals surface area contributed by atoms with E-state index in [-0.39, 0.29) is 0 Å². The van der Waals surface area contributed by atoms with E-state index < -0.39 is 19.7 Å². The molecule has 29 heavy (non-hydrogen) atoms. The fourth-order valence-corrected chi connectivity index (χ4v) is 7.05. The summed E-state index contributed by atoms with van der Waals surface area (Å²) in [7, 11) is -0.994. The Morgan fingerprint density at radius 1 is 0.862 bits per heavy atom. The van der Waals surface area contributed by atoms with Gasteiger partial charge in [-0.1, -0.05) is 55.5 Å². The topological polar surface area (TPSA) is 0 Å². The van der Waals surface area contributed by atoms with Crippen molar-refractivity contribution in [1.29, 1.82) is 0 Å². The normalized spacial score (nSPS) is 19.3. The van der Waals surface area contributed by atoms with Crippen molar-refractivity contribution in [3.8, 4) is 22.3 Å². The first kappa shape index (κ1) is 20.3. The summed E-state index contributed by atoms with van der Waals surface area (Å²) in [6.07, 6.45) is 3.20. The maximum absolute atomic E-state index is 13.7. The number of benzene rings is 3. The molecule has 0 bridgehead atoms. The number of rotatable bonds is 4. The first-order valence-corrected chi connectivity index (χ1v) is 13.8. The van der Waals surface area contributed by atoms with Crippen molar-refractivity contribution in [1.82, 2.24) is 0 Å². The van der Waals surface area contributed by atoms with E-state index in [2.05, 4.69) is 43.3 Å². The summed E-state index contributed by atoms with van der Waals surface area (Å²) in [4.78, 5) is 0. The molecule has 0 nitrogen and oxygen atoms in total. The smallest absolute Gasteiger partial charge is 0.159 e. The summed E-state index contributed by atoms with van der Waals surface area (Å²) in [6.45, 7) is 2.10. The molecule has 3 aromatic carbocycles. The second-order valence-electron chi connectivity index (χ2n) is 7.89. The summed E-state index contributed by atoms with van der Waals surface area (Å²) in [5.41, 5.74) is 6.69. The molecule has 0 saturated carbocycles. The highest BCUT2D eigenvalue weighted by Crippen LogP contribution is 2.40. The molecule has 0 radical (unpaired) electrons. The van der Waals surface area contributed by atoms with Crippen molar-refractivity contribution in [3.05, 3.63) is 83.4 Å². The van der Waals surface area contributed by atoms with Crippen molar-refractivity contribution < 1.29 is 8.78 Å². The molecule has 4 heteroatoms. The Morgan fingerprint density at radius 3 is 2.28 bits per heavy atom. The number of hydrogen-bond acceptors (Lipinski definition) is 0. The van der Waals surface area contributed by atoms with Crippen molar-refractivity contribution in [2.45, 2.75) is 44.2 Å². The van der Waals surface area contributed by atoms with Gasteiger partial charge in [-0.05, 0) is 82.8 Å². The van der Waals surface area contributed by atoms with Gasteiger partial charge in [0.15, 0.2) is 11.6 Å². The standard InChI is InChI=1S/C25H25ClF2Si/c1-2-17-15-19(7-9-21(17)20-8-10-24(27)25(28)16-20)23-6-4-3-5-22(23)18-11-13-29(26)14-12-18/h3-10,15-16,18,29H,2,11-14H2,1H3. The SMILES string of the molecule is CCc1cc(-c2ccccc2C2CC[SiH](Cl)CC2)ccc1-c1ccc(F)c(F)c1. The summed E-state index contributed by atoms with van der Waals surface area (Å²) in [5.74, 6) is -1.05. The van der Waals surface area contributed by atoms with Gasteiger partial charge in [-0.3, -0.25) is 0 Å². The summed E-state index contributed by atoms with van der Waals surface area (Å²) >= 11 is 6.45. The lowest BCUT2D eigenvalue weighted by atomic mass is 9.85. The zero-order valence-electron chi connectivity index (χ0n) is 16.6. The lowest BCUT2D eigenvalue weighted by molar-refractivity contribution is 0.509. The Bertz CT molecular complexity index is 1010. The molecule has 3 aromatic rings. The molecular weight excluding hydrogens is 402 g/mol. The van der Waals surface area contributed by atoms with Gasteiger partial charge in [0.05, 0.1) is 0 Å². The van der Waals surface area contributed by atoms with Crippen molar-refractivity contribution >= 4 is 19.2 Å². The van der Waals surface area contributed by atoms with Crippen molar-refractivity contribution in [2.75, 3.05) is 0 Å². The Labute approximate surface area is 177 Å². The van der Waals surface area contributed by atoms with Gasteiger partial charge in [0, 0.05) is 0 Å². The van der Waals surface area contributed by atoms with Crippen LogP contribution >= 0.6 is 11.1 Å². The third-order valence-electron chi connectivity index (χ3n) is 6.09. The first-order chi connectivity index (χ1) is 14.1. The summed E-state index contributed by atoms with van der Waals surface area (Å²) in [5, 5.41) is 0. The maximum atomic E-state index is 13.7. The van der Waals surface area contributed by atoms with Crippen LogP contribution in [0.25, 0.3) is 22.3 Å². The van der Waals surface area contributed by atoms with E-state index in [0.29, 0.717) is 11.5 Å². The zero-order chi connectivity index (χ0) is 20.4. The number of aryl methyl sites for hydroxylation is 1. The molecule has 0 unspecified atom stereocenters. The molecule has 0 amide bonds. The van der Waals surface area contributed by atoms with E-state index in [1.165, 1.54) is 53.8 Å². The Balaban J connectivity index is 1.73. The highest BCUT2D eigenvalue weighted by atomic mass is 35.6. The van der Waals surface area contributed by atoms with Gasteiger partial charge >= 0.3 is 0 Å². The summed E-state index contributed by atoms with van der Waals surface area (Å²) < 4.78 is 27.1. The van der Waals surface area contributed by atoms with Gasteiger partial charge in [0.2, 0.25) is 0 Å². The minimum atomic E-state index is -0.994. The van der Waals surface area contributed by atoms with Crippen LogP contribution in [0.1, 0.15) is 36.8 Å². The molecule has 0 N–H and O–H groups in total. The molecule has 1 heterocycles. The highest BCUT2D eigenvalue weighted by Gasteiger charge is 2.24. The maximum Gasteiger partial charge on any atom is 0.159 e. The van der Waals surface area contributed by atoms with Gasteiger partial charge in [0.25, 0.3) is 0 Å². The van der Waals surface area contributed by atoms with E-state index in [9.17, 15) is 8.78 Å². The fourth-order valence-electron chi connectivity index (χ4n) is 4.48. The minimum absolute atomic E-state index is 0.574. The number of halogens is 3. The van der Waals surface area contributed by atoms with E-state index in [1.807, 2.05) is 6.07 Å². The van der Waals surface area contributed by atoms with Crippen LogP contribution in [0.3, 0.4) is 0 Å². The van der Waals surface area contributed by atoms with Crippen LogP contribution in [0, 0.1) is 11.6 Å². The van der Waals surface area contributed by atoms with Gasteiger partial charge in [-0.15, -0.1) is 0 Å². The molecular formula is C25H25ClF2Si. The molecule has 1 saturated heterocycles. The molecule has 1 fully saturated rings. The first-order valence-electron chi connectivity index (χ1n) is 10.4. The minimum Gasteiger partial charge on any atom is -0.204 e. The molecule has 0 aromatic heterocycles. The van der Waals surface area contributed by atoms with Gasteiger partial charge in [-0.25, -0.2) is 8.78 Å².